The Morgan fingerprint density at radius 1 is 1.40 bits per heavy atom. The van der Waals surface area contributed by atoms with Crippen molar-refractivity contribution >= 4 is 0 Å². The highest BCUT2D eigenvalue weighted by atomic mass is 15.2. The third-order valence-electron chi connectivity index (χ3n) is 1.73. The second-order valence-corrected chi connectivity index (χ2v) is 2.46. The zero-order valence-corrected chi connectivity index (χ0v) is 6.92. The minimum Gasteiger partial charge on any atom is -0.320 e. The summed E-state index contributed by atoms with van der Waals surface area (Å²) < 4.78 is 4.06. The summed E-state index contributed by atoms with van der Waals surface area (Å²) in [5.74, 6) is 0. The first-order chi connectivity index (χ1) is 4.66. The van der Waals surface area contributed by atoms with Gasteiger partial charge in [-0.3, -0.25) is 4.99 Å². The van der Waals surface area contributed by atoms with Crippen LogP contribution in [-0.4, -0.2) is 16.2 Å². The second-order valence-electron chi connectivity index (χ2n) is 2.46. The van der Waals surface area contributed by atoms with Crippen LogP contribution in [0, 0.1) is 6.92 Å². The number of aryl methyl sites for hydroxylation is 2. The molecule has 0 atom stereocenters. The van der Waals surface area contributed by atoms with Gasteiger partial charge in [-0.15, -0.1) is 0 Å². The van der Waals surface area contributed by atoms with Crippen LogP contribution in [0.4, 0.5) is 0 Å². The highest BCUT2D eigenvalue weighted by Gasteiger charge is 1.95. The molecule has 0 N–H and O–H groups in total. The molecule has 1 heterocycles. The summed E-state index contributed by atoms with van der Waals surface area (Å²) in [6, 6.07) is 0. The summed E-state index contributed by atoms with van der Waals surface area (Å²) in [4.78, 5) is 4.12. The van der Waals surface area contributed by atoms with E-state index < -0.39 is 0 Å². The fourth-order valence-corrected chi connectivity index (χ4v) is 1.13. The van der Waals surface area contributed by atoms with Crippen molar-refractivity contribution in [1.29, 1.82) is 0 Å². The maximum absolute atomic E-state index is 4.12. The summed E-state index contributed by atoms with van der Waals surface area (Å²) in [5, 5.41) is 0. The van der Waals surface area contributed by atoms with Crippen LogP contribution in [0.25, 0.3) is 0 Å². The normalized spacial score (nSPS) is 12.6. The Hall–Kier alpha value is -0.990. The van der Waals surface area contributed by atoms with Gasteiger partial charge in [0.05, 0.1) is 0 Å². The molecule has 3 nitrogen and oxygen atoms in total. The molecule has 0 aliphatic heterocycles. The molecule has 0 aliphatic rings. The minimum absolute atomic E-state index is 0.998. The Morgan fingerprint density at radius 3 is 2.20 bits per heavy atom. The standard InChI is InChI=1S/C7H13N3/c1-6-5-9(3)7(8-2)10(6)4/h5H,1-4H3. The average Bonchev–Trinajstić information content (AvgIpc) is 2.09. The van der Waals surface area contributed by atoms with Crippen molar-refractivity contribution in [3.8, 4) is 0 Å². The van der Waals surface area contributed by atoms with Crippen LogP contribution in [0.1, 0.15) is 5.69 Å². The maximum Gasteiger partial charge on any atom is 0.204 e. The van der Waals surface area contributed by atoms with Gasteiger partial charge in [0.2, 0.25) is 5.62 Å². The summed E-state index contributed by atoms with van der Waals surface area (Å²) in [7, 11) is 5.81. The largest absolute Gasteiger partial charge is 0.320 e. The van der Waals surface area contributed by atoms with Gasteiger partial charge in [0, 0.05) is 33.0 Å². The summed E-state index contributed by atoms with van der Waals surface area (Å²) >= 11 is 0. The van der Waals surface area contributed by atoms with E-state index >= 15 is 0 Å². The quantitative estimate of drug-likeness (QED) is 0.490. The van der Waals surface area contributed by atoms with E-state index in [-0.39, 0.29) is 0 Å². The van der Waals surface area contributed by atoms with E-state index in [1.54, 1.807) is 7.05 Å². The van der Waals surface area contributed by atoms with Crippen LogP contribution >= 0.6 is 0 Å². The van der Waals surface area contributed by atoms with E-state index in [4.69, 9.17) is 0 Å². The van der Waals surface area contributed by atoms with Crippen LogP contribution in [0.15, 0.2) is 11.2 Å². The highest BCUT2D eigenvalue weighted by molar-refractivity contribution is 4.94. The maximum atomic E-state index is 4.12. The zero-order chi connectivity index (χ0) is 7.72. The molecule has 1 aromatic rings. The van der Waals surface area contributed by atoms with Gasteiger partial charge in [-0.25, -0.2) is 0 Å². The van der Waals surface area contributed by atoms with Gasteiger partial charge < -0.3 is 9.13 Å². The van der Waals surface area contributed by atoms with Crippen molar-refractivity contribution in [1.82, 2.24) is 9.13 Å². The van der Waals surface area contributed by atoms with Crippen molar-refractivity contribution in [3.05, 3.63) is 17.5 Å². The van der Waals surface area contributed by atoms with E-state index in [2.05, 4.69) is 22.7 Å². The Kier molecular flexibility index (Phi) is 1.66. The summed E-state index contributed by atoms with van der Waals surface area (Å²) in [6.07, 6.45) is 2.06. The van der Waals surface area contributed by atoms with Gasteiger partial charge in [0.15, 0.2) is 0 Å². The number of nitrogens with zero attached hydrogens (tertiary/aromatic N) is 3. The Balaban J connectivity index is 3.50. The lowest BCUT2D eigenvalue weighted by Crippen LogP contribution is -2.21. The SMILES string of the molecule is CN=c1n(C)cc(C)n1C. The first kappa shape index (κ1) is 7.12. The third-order valence-corrected chi connectivity index (χ3v) is 1.73. The fraction of sp³-hybridized carbons (Fsp3) is 0.571. The van der Waals surface area contributed by atoms with Gasteiger partial charge in [-0.05, 0) is 6.92 Å². The fourth-order valence-electron chi connectivity index (χ4n) is 1.13. The predicted octanol–water partition coefficient (Wildman–Crippen LogP) is 0.203. The molecule has 0 fully saturated rings. The second kappa shape index (κ2) is 2.33. The van der Waals surface area contributed by atoms with Gasteiger partial charge in [-0.2, -0.15) is 0 Å². The number of rotatable bonds is 0. The lowest BCUT2D eigenvalue weighted by molar-refractivity contribution is 0.730. The van der Waals surface area contributed by atoms with Crippen LogP contribution < -0.4 is 5.62 Å². The monoisotopic (exact) mass is 139 g/mol. The number of aromatic nitrogens is 2. The molecule has 0 aliphatic carbocycles. The van der Waals surface area contributed by atoms with E-state index in [1.807, 2.05) is 18.7 Å². The van der Waals surface area contributed by atoms with Crippen molar-refractivity contribution in [2.75, 3.05) is 7.05 Å². The topological polar surface area (TPSA) is 22.2 Å². The molecule has 3 heteroatoms. The van der Waals surface area contributed by atoms with Gasteiger partial charge in [-0.1, -0.05) is 0 Å². The number of hydrogen-bond donors (Lipinski definition) is 0. The summed E-state index contributed by atoms with van der Waals surface area (Å²) in [5.41, 5.74) is 2.22. The van der Waals surface area contributed by atoms with Crippen LogP contribution in [-0.2, 0) is 14.1 Å². The van der Waals surface area contributed by atoms with Crippen molar-refractivity contribution in [2.24, 2.45) is 19.1 Å². The average molecular weight is 139 g/mol. The summed E-state index contributed by atoms with van der Waals surface area (Å²) in [6.45, 7) is 2.06. The number of hydrogen-bond acceptors (Lipinski definition) is 1. The van der Waals surface area contributed by atoms with Crippen LogP contribution in [0.2, 0.25) is 0 Å². The lowest BCUT2D eigenvalue weighted by atomic mass is 10.5. The lowest BCUT2D eigenvalue weighted by Gasteiger charge is -1.92. The number of imidazole rings is 1. The predicted molar refractivity (Wildman–Crippen MR) is 40.6 cm³/mol. The molecular weight excluding hydrogens is 126 g/mol. The van der Waals surface area contributed by atoms with E-state index in [1.165, 1.54) is 5.69 Å². The van der Waals surface area contributed by atoms with E-state index in [9.17, 15) is 0 Å². The van der Waals surface area contributed by atoms with Gasteiger partial charge in [0.25, 0.3) is 0 Å². The zero-order valence-electron chi connectivity index (χ0n) is 6.92. The van der Waals surface area contributed by atoms with Crippen molar-refractivity contribution in [3.63, 3.8) is 0 Å². The Labute approximate surface area is 60.6 Å². The van der Waals surface area contributed by atoms with Gasteiger partial charge in [0.1, 0.15) is 0 Å². The smallest absolute Gasteiger partial charge is 0.204 e. The molecule has 1 rings (SSSR count). The molecule has 0 amide bonds. The van der Waals surface area contributed by atoms with Crippen molar-refractivity contribution in [2.45, 2.75) is 6.92 Å². The molecule has 0 aromatic carbocycles. The molecule has 56 valence electrons. The van der Waals surface area contributed by atoms with Crippen molar-refractivity contribution < 1.29 is 0 Å². The molecule has 0 spiro atoms. The molecule has 0 radical (unpaired) electrons. The molecule has 0 bridgehead atoms. The molecule has 10 heavy (non-hydrogen) atoms. The van der Waals surface area contributed by atoms with E-state index in [0.29, 0.717) is 0 Å². The van der Waals surface area contributed by atoms with Gasteiger partial charge >= 0.3 is 0 Å². The van der Waals surface area contributed by atoms with E-state index in [0.717, 1.165) is 5.62 Å². The molecular formula is C7H13N3. The minimum atomic E-state index is 0.998. The highest BCUT2D eigenvalue weighted by Crippen LogP contribution is 1.88. The first-order valence-corrected chi connectivity index (χ1v) is 3.28. The first-order valence-electron chi connectivity index (χ1n) is 3.28. The molecule has 0 unspecified atom stereocenters. The molecule has 0 saturated heterocycles. The van der Waals surface area contributed by atoms with Crippen LogP contribution in [0.5, 0.6) is 0 Å². The Morgan fingerprint density at radius 2 is 2.00 bits per heavy atom. The Bertz CT molecular complexity index is 290. The third kappa shape index (κ3) is 0.875. The van der Waals surface area contributed by atoms with Crippen LogP contribution in [0.3, 0.4) is 0 Å². The molecule has 0 saturated carbocycles. The molecule has 1 aromatic heterocycles.